The Labute approximate surface area is 185 Å². The average molecular weight is 443 g/mol. The van der Waals surface area contributed by atoms with Crippen LogP contribution in [0.3, 0.4) is 0 Å². The summed E-state index contributed by atoms with van der Waals surface area (Å²) in [7, 11) is 4.97. The van der Waals surface area contributed by atoms with Crippen LogP contribution in [0.5, 0.6) is 17.2 Å². The standard InChI is InChI=1S/C22H26N4O4S/c1-5-15-6-8-16(9-7-15)30-13-20-24-25-22(26(20)2)31-14-21(27)23-18-12-17(28-3)10-11-19(18)29-4/h6-12H,5,13-14H2,1-4H3,(H,23,27). The number of methoxy groups -OCH3 is 2. The number of carbonyl (C=O) groups excluding carboxylic acids is 1. The number of aromatic nitrogens is 3. The Balaban J connectivity index is 1.55. The fraction of sp³-hybridized carbons (Fsp3) is 0.318. The van der Waals surface area contributed by atoms with E-state index in [1.165, 1.54) is 17.3 Å². The second-order valence-corrected chi connectivity index (χ2v) is 7.59. The number of thioether (sulfide) groups is 1. The summed E-state index contributed by atoms with van der Waals surface area (Å²) in [5.74, 6) is 2.63. The predicted molar refractivity (Wildman–Crippen MR) is 120 cm³/mol. The highest BCUT2D eigenvalue weighted by Crippen LogP contribution is 2.29. The number of benzene rings is 2. The first-order chi connectivity index (χ1) is 15.0. The first-order valence-electron chi connectivity index (χ1n) is 9.78. The van der Waals surface area contributed by atoms with Crippen molar-refractivity contribution in [2.75, 3.05) is 25.3 Å². The third-order valence-electron chi connectivity index (χ3n) is 4.64. The van der Waals surface area contributed by atoms with Crippen LogP contribution in [0.4, 0.5) is 5.69 Å². The summed E-state index contributed by atoms with van der Waals surface area (Å²) in [6, 6.07) is 13.2. The molecule has 0 bridgehead atoms. The zero-order valence-corrected chi connectivity index (χ0v) is 18.9. The highest BCUT2D eigenvalue weighted by atomic mass is 32.2. The van der Waals surface area contributed by atoms with Gasteiger partial charge >= 0.3 is 0 Å². The summed E-state index contributed by atoms with van der Waals surface area (Å²) in [5, 5.41) is 11.8. The van der Waals surface area contributed by atoms with Crippen LogP contribution in [0.25, 0.3) is 0 Å². The minimum Gasteiger partial charge on any atom is -0.497 e. The first kappa shape index (κ1) is 22.5. The van der Waals surface area contributed by atoms with Gasteiger partial charge in [-0.25, -0.2) is 0 Å². The molecule has 0 saturated heterocycles. The van der Waals surface area contributed by atoms with E-state index in [1.54, 1.807) is 32.4 Å². The van der Waals surface area contributed by atoms with Crippen LogP contribution < -0.4 is 19.5 Å². The number of ether oxygens (including phenoxy) is 3. The highest BCUT2D eigenvalue weighted by molar-refractivity contribution is 7.99. The van der Waals surface area contributed by atoms with E-state index in [0.29, 0.717) is 34.8 Å². The molecular formula is C22H26N4O4S. The molecule has 164 valence electrons. The van der Waals surface area contributed by atoms with Crippen LogP contribution in [0.15, 0.2) is 47.6 Å². The maximum absolute atomic E-state index is 12.4. The molecule has 1 aromatic heterocycles. The molecule has 1 N–H and O–H groups in total. The van der Waals surface area contributed by atoms with Crippen molar-refractivity contribution < 1.29 is 19.0 Å². The van der Waals surface area contributed by atoms with Gasteiger partial charge in [-0.1, -0.05) is 30.8 Å². The maximum Gasteiger partial charge on any atom is 0.234 e. The fourth-order valence-electron chi connectivity index (χ4n) is 2.79. The number of hydrogen-bond donors (Lipinski definition) is 1. The van der Waals surface area contributed by atoms with Gasteiger partial charge in [-0.05, 0) is 36.2 Å². The van der Waals surface area contributed by atoms with Crippen molar-refractivity contribution in [1.82, 2.24) is 14.8 Å². The molecule has 3 rings (SSSR count). The third-order valence-corrected chi connectivity index (χ3v) is 5.66. The van der Waals surface area contributed by atoms with Gasteiger partial charge in [-0.2, -0.15) is 0 Å². The number of anilines is 1. The second kappa shape index (κ2) is 10.7. The van der Waals surface area contributed by atoms with Gasteiger partial charge in [-0.3, -0.25) is 4.79 Å². The van der Waals surface area contributed by atoms with Gasteiger partial charge in [0.1, 0.15) is 23.9 Å². The van der Waals surface area contributed by atoms with Crippen LogP contribution in [0, 0.1) is 0 Å². The van der Waals surface area contributed by atoms with Crippen LogP contribution in [0.2, 0.25) is 0 Å². The van der Waals surface area contributed by atoms with Crippen molar-refractivity contribution >= 4 is 23.4 Å². The summed E-state index contributed by atoms with van der Waals surface area (Å²) < 4.78 is 18.1. The molecule has 0 aliphatic heterocycles. The topological polar surface area (TPSA) is 87.5 Å². The Morgan fingerprint density at radius 2 is 1.81 bits per heavy atom. The molecule has 31 heavy (non-hydrogen) atoms. The lowest BCUT2D eigenvalue weighted by Crippen LogP contribution is -2.15. The molecule has 1 heterocycles. The lowest BCUT2D eigenvalue weighted by molar-refractivity contribution is -0.113. The van der Waals surface area contributed by atoms with Crippen molar-refractivity contribution in [3.05, 3.63) is 53.9 Å². The summed E-state index contributed by atoms with van der Waals surface area (Å²) in [6.07, 6.45) is 0.988. The van der Waals surface area contributed by atoms with Crippen molar-refractivity contribution in [3.8, 4) is 17.2 Å². The van der Waals surface area contributed by atoms with E-state index < -0.39 is 0 Å². The monoisotopic (exact) mass is 442 g/mol. The molecule has 2 aromatic carbocycles. The summed E-state index contributed by atoms with van der Waals surface area (Å²) >= 11 is 1.29. The third kappa shape index (κ3) is 5.91. The second-order valence-electron chi connectivity index (χ2n) is 6.65. The lowest BCUT2D eigenvalue weighted by Gasteiger charge is -2.11. The molecule has 0 radical (unpaired) electrons. The predicted octanol–water partition coefficient (Wildman–Crippen LogP) is 3.70. The van der Waals surface area contributed by atoms with Gasteiger partial charge in [0.2, 0.25) is 5.91 Å². The van der Waals surface area contributed by atoms with Gasteiger partial charge in [-0.15, -0.1) is 10.2 Å². The smallest absolute Gasteiger partial charge is 0.234 e. The first-order valence-corrected chi connectivity index (χ1v) is 10.8. The fourth-order valence-corrected chi connectivity index (χ4v) is 3.52. The molecule has 0 aliphatic rings. The van der Waals surface area contributed by atoms with Gasteiger partial charge in [0.15, 0.2) is 11.0 Å². The summed E-state index contributed by atoms with van der Waals surface area (Å²) in [6.45, 7) is 2.41. The molecule has 1 amide bonds. The molecule has 0 atom stereocenters. The zero-order valence-electron chi connectivity index (χ0n) is 18.0. The molecule has 9 heteroatoms. The van der Waals surface area contributed by atoms with Gasteiger partial charge in [0.25, 0.3) is 0 Å². The number of carbonyl (C=O) groups is 1. The molecule has 3 aromatic rings. The Bertz CT molecular complexity index is 1020. The maximum atomic E-state index is 12.4. The van der Waals surface area contributed by atoms with E-state index in [4.69, 9.17) is 14.2 Å². The molecule has 0 fully saturated rings. The van der Waals surface area contributed by atoms with Crippen LogP contribution in [-0.2, 0) is 24.9 Å². The van der Waals surface area contributed by atoms with Crippen molar-refractivity contribution in [3.63, 3.8) is 0 Å². The molecule has 8 nitrogen and oxygen atoms in total. The minimum absolute atomic E-state index is 0.172. The average Bonchev–Trinajstić information content (AvgIpc) is 3.15. The SMILES string of the molecule is CCc1ccc(OCc2nnc(SCC(=O)Nc3cc(OC)ccc3OC)n2C)cc1. The van der Waals surface area contributed by atoms with Gasteiger partial charge in [0, 0.05) is 13.1 Å². The molecule has 0 spiro atoms. The Morgan fingerprint density at radius 1 is 1.06 bits per heavy atom. The number of hydrogen-bond acceptors (Lipinski definition) is 7. The minimum atomic E-state index is -0.187. The van der Waals surface area contributed by atoms with Crippen molar-refractivity contribution in [2.24, 2.45) is 7.05 Å². The van der Waals surface area contributed by atoms with E-state index in [1.807, 2.05) is 35.9 Å². The van der Waals surface area contributed by atoms with Crippen LogP contribution in [-0.4, -0.2) is 40.6 Å². The number of rotatable bonds is 10. The number of aryl methyl sites for hydroxylation is 1. The van der Waals surface area contributed by atoms with Gasteiger partial charge < -0.3 is 24.1 Å². The van der Waals surface area contributed by atoms with E-state index in [9.17, 15) is 4.79 Å². The number of nitrogens with zero attached hydrogens (tertiary/aromatic N) is 3. The van der Waals surface area contributed by atoms with Gasteiger partial charge in [0.05, 0.1) is 25.7 Å². The lowest BCUT2D eigenvalue weighted by atomic mass is 10.2. The molecule has 0 saturated carbocycles. The number of amides is 1. The highest BCUT2D eigenvalue weighted by Gasteiger charge is 2.14. The zero-order chi connectivity index (χ0) is 22.2. The Kier molecular flexibility index (Phi) is 7.77. The van der Waals surface area contributed by atoms with E-state index >= 15 is 0 Å². The van der Waals surface area contributed by atoms with E-state index in [2.05, 4.69) is 22.4 Å². The summed E-state index contributed by atoms with van der Waals surface area (Å²) in [4.78, 5) is 12.4. The normalized spacial score (nSPS) is 10.6. The van der Waals surface area contributed by atoms with Crippen molar-refractivity contribution in [1.29, 1.82) is 0 Å². The van der Waals surface area contributed by atoms with Crippen molar-refractivity contribution in [2.45, 2.75) is 25.1 Å². The molecule has 0 unspecified atom stereocenters. The summed E-state index contributed by atoms with van der Waals surface area (Å²) in [5.41, 5.74) is 1.81. The molecule has 0 aliphatic carbocycles. The molecular weight excluding hydrogens is 416 g/mol. The Morgan fingerprint density at radius 3 is 2.48 bits per heavy atom. The van der Waals surface area contributed by atoms with E-state index in [-0.39, 0.29) is 11.7 Å². The van der Waals surface area contributed by atoms with Crippen LogP contribution >= 0.6 is 11.8 Å². The Hall–Kier alpha value is -3.20. The quantitative estimate of drug-likeness (QED) is 0.479. The largest absolute Gasteiger partial charge is 0.497 e. The van der Waals surface area contributed by atoms with Crippen LogP contribution in [0.1, 0.15) is 18.3 Å². The van der Waals surface area contributed by atoms with E-state index in [0.717, 1.165) is 12.2 Å². The number of nitrogens with one attached hydrogen (secondary N) is 1.